The second-order valence-electron chi connectivity index (χ2n) is 4.52. The van der Waals surface area contributed by atoms with Gasteiger partial charge >= 0.3 is 5.69 Å². The molecule has 0 amide bonds. The maximum atomic E-state index is 11.0. The van der Waals surface area contributed by atoms with E-state index in [9.17, 15) is 20.5 Å². The predicted octanol–water partition coefficient (Wildman–Crippen LogP) is 4.03. The van der Waals surface area contributed by atoms with E-state index >= 15 is 0 Å². The van der Waals surface area contributed by atoms with Crippen molar-refractivity contribution < 1.29 is 14.8 Å². The Morgan fingerprint density at radius 1 is 1.39 bits per heavy atom. The van der Waals surface area contributed by atoms with E-state index in [0.29, 0.717) is 21.7 Å². The molecule has 0 spiro atoms. The Bertz CT molecular complexity index is 823. The SMILES string of the molecule is COc1cc(/C=C(\C#N)c2ccc(Cl)cc2)cc([N+](=O)[O-])c1O. The van der Waals surface area contributed by atoms with Gasteiger partial charge in [-0.3, -0.25) is 10.1 Å². The fourth-order valence-corrected chi connectivity index (χ4v) is 2.09. The molecule has 1 N–H and O–H groups in total. The minimum absolute atomic E-state index is 0.0427. The number of benzene rings is 2. The molecule has 0 aliphatic heterocycles. The number of rotatable bonds is 4. The quantitative estimate of drug-likeness (QED) is 0.395. The number of nitriles is 1. The van der Waals surface area contributed by atoms with Gasteiger partial charge < -0.3 is 9.84 Å². The Kier molecular flexibility index (Phi) is 4.84. The minimum Gasteiger partial charge on any atom is -0.500 e. The molecule has 0 unspecified atom stereocenters. The average Bonchev–Trinajstić information content (AvgIpc) is 2.54. The molecule has 0 atom stereocenters. The van der Waals surface area contributed by atoms with E-state index in [-0.39, 0.29) is 5.75 Å². The topological polar surface area (TPSA) is 96.4 Å². The number of phenolic OH excluding ortho intramolecular Hbond substituents is 1. The first-order chi connectivity index (χ1) is 11.0. The van der Waals surface area contributed by atoms with E-state index in [1.54, 1.807) is 24.3 Å². The first-order valence-corrected chi connectivity index (χ1v) is 6.77. The molecule has 6 nitrogen and oxygen atoms in total. The smallest absolute Gasteiger partial charge is 0.315 e. The average molecular weight is 331 g/mol. The van der Waals surface area contributed by atoms with E-state index in [0.717, 1.165) is 0 Å². The lowest BCUT2D eigenvalue weighted by molar-refractivity contribution is -0.386. The molecule has 0 bridgehead atoms. The summed E-state index contributed by atoms with van der Waals surface area (Å²) in [7, 11) is 1.29. The van der Waals surface area contributed by atoms with Crippen molar-refractivity contribution in [3.8, 4) is 17.6 Å². The zero-order valence-corrected chi connectivity index (χ0v) is 12.7. The Morgan fingerprint density at radius 2 is 2.04 bits per heavy atom. The number of phenols is 1. The Hall–Kier alpha value is -3.04. The van der Waals surface area contributed by atoms with Gasteiger partial charge in [-0.25, -0.2) is 0 Å². The molecule has 7 heteroatoms. The summed E-state index contributed by atoms with van der Waals surface area (Å²) >= 11 is 5.81. The highest BCUT2D eigenvalue weighted by molar-refractivity contribution is 6.30. The van der Waals surface area contributed by atoms with Gasteiger partial charge in [-0.05, 0) is 35.4 Å². The Labute approximate surface area is 137 Å². The molecule has 2 aromatic carbocycles. The van der Waals surface area contributed by atoms with E-state index in [2.05, 4.69) is 0 Å². The number of ether oxygens (including phenoxy) is 1. The fourth-order valence-electron chi connectivity index (χ4n) is 1.97. The van der Waals surface area contributed by atoms with Crippen LogP contribution in [0.2, 0.25) is 5.02 Å². The highest BCUT2D eigenvalue weighted by Crippen LogP contribution is 2.37. The fraction of sp³-hybridized carbons (Fsp3) is 0.0625. The summed E-state index contributed by atoms with van der Waals surface area (Å²) < 4.78 is 4.93. The van der Waals surface area contributed by atoms with Crippen molar-refractivity contribution in [1.82, 2.24) is 0 Å². The van der Waals surface area contributed by atoms with Gasteiger partial charge in [0.1, 0.15) is 0 Å². The van der Waals surface area contributed by atoms with Crippen LogP contribution in [0.15, 0.2) is 36.4 Å². The zero-order chi connectivity index (χ0) is 17.0. The first kappa shape index (κ1) is 16.3. The van der Waals surface area contributed by atoms with Gasteiger partial charge in [0.05, 0.1) is 23.7 Å². The molecule has 0 fully saturated rings. The second kappa shape index (κ2) is 6.81. The lowest BCUT2D eigenvalue weighted by atomic mass is 10.0. The number of hydrogen-bond acceptors (Lipinski definition) is 5. The van der Waals surface area contributed by atoms with Crippen molar-refractivity contribution in [2.45, 2.75) is 0 Å². The summed E-state index contributed by atoms with van der Waals surface area (Å²) in [4.78, 5) is 10.3. The molecule has 116 valence electrons. The predicted molar refractivity (Wildman–Crippen MR) is 86.2 cm³/mol. The van der Waals surface area contributed by atoms with Crippen molar-refractivity contribution in [1.29, 1.82) is 5.26 Å². The van der Waals surface area contributed by atoms with Gasteiger partial charge in [-0.1, -0.05) is 23.7 Å². The van der Waals surface area contributed by atoms with Crippen LogP contribution >= 0.6 is 11.6 Å². The zero-order valence-electron chi connectivity index (χ0n) is 12.0. The monoisotopic (exact) mass is 330 g/mol. The molecule has 0 aliphatic rings. The van der Waals surface area contributed by atoms with Gasteiger partial charge in [0.2, 0.25) is 5.75 Å². The number of halogens is 1. The molecule has 0 saturated carbocycles. The lowest BCUT2D eigenvalue weighted by Crippen LogP contribution is -1.93. The summed E-state index contributed by atoms with van der Waals surface area (Å²) in [6.45, 7) is 0. The molecular formula is C16H11ClN2O4. The highest BCUT2D eigenvalue weighted by atomic mass is 35.5. The summed E-state index contributed by atoms with van der Waals surface area (Å²) in [6, 6.07) is 11.2. The number of nitro benzene ring substituents is 1. The van der Waals surface area contributed by atoms with Crippen LogP contribution in [0.1, 0.15) is 11.1 Å². The van der Waals surface area contributed by atoms with Crippen LogP contribution in [0, 0.1) is 21.4 Å². The molecule has 2 aromatic rings. The third kappa shape index (κ3) is 3.59. The third-order valence-electron chi connectivity index (χ3n) is 3.08. The number of nitro groups is 1. The number of allylic oxidation sites excluding steroid dienone is 1. The Morgan fingerprint density at radius 3 is 2.57 bits per heavy atom. The first-order valence-electron chi connectivity index (χ1n) is 6.39. The van der Waals surface area contributed by atoms with Crippen molar-refractivity contribution >= 4 is 28.9 Å². The summed E-state index contributed by atoms with van der Waals surface area (Å²) in [5, 5.41) is 30.6. The molecule has 23 heavy (non-hydrogen) atoms. The summed E-state index contributed by atoms with van der Waals surface area (Å²) in [5.41, 5.74) is 0.775. The van der Waals surface area contributed by atoms with Gasteiger partial charge in [0.15, 0.2) is 5.75 Å². The van der Waals surface area contributed by atoms with E-state index in [1.807, 2.05) is 6.07 Å². The van der Waals surface area contributed by atoms with Gasteiger partial charge in [0.25, 0.3) is 0 Å². The van der Waals surface area contributed by atoms with Crippen LogP contribution in [-0.4, -0.2) is 17.1 Å². The Balaban J connectivity index is 2.56. The van der Waals surface area contributed by atoms with Crippen molar-refractivity contribution in [2.24, 2.45) is 0 Å². The summed E-state index contributed by atoms with van der Waals surface area (Å²) in [6.07, 6.45) is 1.47. The standard InChI is InChI=1S/C16H11ClN2O4/c1-23-15-8-10(7-14(16(15)20)19(21)22)6-12(9-18)11-2-4-13(17)5-3-11/h2-8,20H,1H3/b12-6+. The molecule has 0 saturated heterocycles. The normalized spacial score (nSPS) is 10.9. The van der Waals surface area contributed by atoms with E-state index in [4.69, 9.17) is 16.3 Å². The van der Waals surface area contributed by atoms with Crippen molar-refractivity contribution in [3.63, 3.8) is 0 Å². The molecule has 0 heterocycles. The number of methoxy groups -OCH3 is 1. The van der Waals surface area contributed by atoms with E-state index in [1.165, 1.54) is 25.3 Å². The molecule has 0 aromatic heterocycles. The van der Waals surface area contributed by atoms with Crippen LogP contribution in [0.5, 0.6) is 11.5 Å². The van der Waals surface area contributed by atoms with Crippen LogP contribution in [0.25, 0.3) is 11.6 Å². The van der Waals surface area contributed by atoms with Gasteiger partial charge in [-0.2, -0.15) is 5.26 Å². The van der Waals surface area contributed by atoms with Gasteiger partial charge in [0, 0.05) is 11.1 Å². The molecule has 0 aliphatic carbocycles. The maximum Gasteiger partial charge on any atom is 0.315 e. The lowest BCUT2D eigenvalue weighted by Gasteiger charge is -2.06. The number of nitrogens with zero attached hydrogens (tertiary/aromatic N) is 2. The van der Waals surface area contributed by atoms with Crippen LogP contribution in [0.4, 0.5) is 5.69 Å². The molecule has 2 rings (SSSR count). The van der Waals surface area contributed by atoms with Crippen molar-refractivity contribution in [2.75, 3.05) is 7.11 Å². The third-order valence-corrected chi connectivity index (χ3v) is 3.33. The number of aromatic hydroxyl groups is 1. The second-order valence-corrected chi connectivity index (χ2v) is 4.96. The highest BCUT2D eigenvalue weighted by Gasteiger charge is 2.19. The van der Waals surface area contributed by atoms with Crippen molar-refractivity contribution in [3.05, 3.63) is 62.7 Å². The van der Waals surface area contributed by atoms with Crippen LogP contribution in [-0.2, 0) is 0 Å². The largest absolute Gasteiger partial charge is 0.500 e. The van der Waals surface area contributed by atoms with E-state index < -0.39 is 16.4 Å². The summed E-state index contributed by atoms with van der Waals surface area (Å²) in [5.74, 6) is -0.599. The van der Waals surface area contributed by atoms with Crippen LogP contribution < -0.4 is 4.74 Å². The van der Waals surface area contributed by atoms with Crippen LogP contribution in [0.3, 0.4) is 0 Å². The molecular weight excluding hydrogens is 320 g/mol. The minimum atomic E-state index is -0.719. The van der Waals surface area contributed by atoms with Gasteiger partial charge in [-0.15, -0.1) is 0 Å². The number of hydrogen-bond donors (Lipinski definition) is 1. The molecule has 0 radical (unpaired) electrons. The maximum absolute atomic E-state index is 11.0.